The first-order valence-electron chi connectivity index (χ1n) is 9.03. The largest absolute Gasteiger partial charge is 0.499 e. The van der Waals surface area contributed by atoms with Gasteiger partial charge in [-0.25, -0.2) is 9.59 Å². The van der Waals surface area contributed by atoms with Crippen molar-refractivity contribution in [3.63, 3.8) is 0 Å². The van der Waals surface area contributed by atoms with Crippen molar-refractivity contribution in [3.05, 3.63) is 30.3 Å². The molecule has 7 heteroatoms. The molecule has 0 aromatic heterocycles. The van der Waals surface area contributed by atoms with Crippen LogP contribution in [-0.4, -0.2) is 20.5 Å². The van der Waals surface area contributed by atoms with Gasteiger partial charge in [0.1, 0.15) is 5.75 Å². The Hall–Kier alpha value is -2.02. The zero-order chi connectivity index (χ0) is 21.1. The number of nitrogens with zero attached hydrogens (tertiary/aromatic N) is 2. The third kappa shape index (κ3) is 5.25. The van der Waals surface area contributed by atoms with Crippen molar-refractivity contribution in [1.29, 1.82) is 0 Å². The molecule has 0 spiro atoms. The second-order valence-corrected chi connectivity index (χ2v) is 15.7. The normalized spacial score (nSPS) is 13.5. The standard InChI is InChI=1S/C20H32N2O4Si/c1-18(2,3)27(19(4,5)6,20(7,8)9)26-17(24)22-21-16(23)25-15-13-11-10-12-14-15/h10-14H,1-9H3. The van der Waals surface area contributed by atoms with Gasteiger partial charge in [-0.1, -0.05) is 90.7 Å². The van der Waals surface area contributed by atoms with Crippen molar-refractivity contribution in [2.75, 3.05) is 0 Å². The Balaban J connectivity index is 3.06. The van der Waals surface area contributed by atoms with Crippen molar-refractivity contribution >= 4 is 20.5 Å². The number of benzene rings is 1. The number of carbonyl (C=O) groups excluding carboxylic acids is 2. The molecule has 0 fully saturated rings. The smallest absolute Gasteiger partial charge is 0.458 e. The molecule has 0 atom stereocenters. The second-order valence-electron chi connectivity index (χ2n) is 9.68. The van der Waals surface area contributed by atoms with Crippen LogP contribution in [0.4, 0.5) is 9.59 Å². The number of para-hydroxylation sites is 1. The number of hydrogen-bond donors (Lipinski definition) is 0. The highest BCUT2D eigenvalue weighted by Gasteiger charge is 2.64. The molecule has 0 unspecified atom stereocenters. The zero-order valence-corrected chi connectivity index (χ0v) is 18.9. The predicted octanol–water partition coefficient (Wildman–Crippen LogP) is 7.12. The van der Waals surface area contributed by atoms with Crippen LogP contribution in [0.15, 0.2) is 40.6 Å². The summed E-state index contributed by atoms with van der Waals surface area (Å²) in [6.45, 7) is 18.8. The van der Waals surface area contributed by atoms with E-state index >= 15 is 0 Å². The third-order valence-corrected chi connectivity index (χ3v) is 11.4. The highest BCUT2D eigenvalue weighted by Crippen LogP contribution is 2.62. The first-order valence-corrected chi connectivity index (χ1v) is 10.9. The van der Waals surface area contributed by atoms with Gasteiger partial charge in [0.2, 0.25) is 0 Å². The Labute approximate surface area is 163 Å². The molecule has 150 valence electrons. The highest BCUT2D eigenvalue weighted by atomic mass is 28.4. The summed E-state index contributed by atoms with van der Waals surface area (Å²) < 4.78 is 11.1. The van der Waals surface area contributed by atoms with Crippen LogP contribution in [0.25, 0.3) is 0 Å². The molecule has 0 aliphatic carbocycles. The number of amides is 2. The predicted molar refractivity (Wildman–Crippen MR) is 109 cm³/mol. The average Bonchev–Trinajstić information content (AvgIpc) is 2.48. The lowest BCUT2D eigenvalue weighted by atomic mass is 10.2. The summed E-state index contributed by atoms with van der Waals surface area (Å²) in [4.78, 5) is 24.3. The van der Waals surface area contributed by atoms with Gasteiger partial charge in [0, 0.05) is 0 Å². The summed E-state index contributed by atoms with van der Waals surface area (Å²) in [6, 6.07) is 8.48. The molecule has 2 amide bonds. The summed E-state index contributed by atoms with van der Waals surface area (Å²) in [5.41, 5.74) is 0. The molecule has 1 aromatic rings. The molecule has 0 heterocycles. The van der Waals surface area contributed by atoms with Crippen LogP contribution in [-0.2, 0) is 4.43 Å². The molecule has 0 aliphatic heterocycles. The molecule has 1 aromatic carbocycles. The maximum Gasteiger partial charge on any atom is 0.458 e. The lowest BCUT2D eigenvalue weighted by Crippen LogP contribution is -2.61. The molecular formula is C20H32N2O4Si. The lowest BCUT2D eigenvalue weighted by Gasteiger charge is -2.56. The summed E-state index contributed by atoms with van der Waals surface area (Å²) in [7, 11) is -2.76. The molecule has 0 bridgehead atoms. The summed E-state index contributed by atoms with van der Waals surface area (Å²) in [5.74, 6) is 0.331. The molecule has 0 radical (unpaired) electrons. The first kappa shape index (κ1) is 23.0. The number of carbonyl (C=O) groups is 2. The van der Waals surface area contributed by atoms with Gasteiger partial charge in [0.05, 0.1) is 0 Å². The SMILES string of the molecule is CC(C)(C)[Si](OC(=O)N=NC(=O)Oc1ccccc1)(C(C)(C)C)C(C)(C)C. The van der Waals surface area contributed by atoms with Crippen LogP contribution >= 0.6 is 0 Å². The molecule has 0 N–H and O–H groups in total. The summed E-state index contributed by atoms with van der Waals surface area (Å²) >= 11 is 0. The van der Waals surface area contributed by atoms with E-state index in [-0.39, 0.29) is 15.1 Å². The van der Waals surface area contributed by atoms with Crippen molar-refractivity contribution in [2.45, 2.75) is 77.4 Å². The molecule has 0 aliphatic rings. The van der Waals surface area contributed by atoms with Gasteiger partial charge in [0.15, 0.2) is 0 Å². The monoisotopic (exact) mass is 392 g/mol. The highest BCUT2D eigenvalue weighted by molar-refractivity contribution is 6.83. The van der Waals surface area contributed by atoms with E-state index < -0.39 is 20.5 Å². The van der Waals surface area contributed by atoms with Crippen LogP contribution in [0, 0.1) is 0 Å². The second kappa shape index (κ2) is 7.92. The van der Waals surface area contributed by atoms with Gasteiger partial charge in [-0.15, -0.1) is 0 Å². The van der Waals surface area contributed by atoms with E-state index in [9.17, 15) is 9.59 Å². The van der Waals surface area contributed by atoms with Crippen molar-refractivity contribution in [3.8, 4) is 5.75 Å². The van der Waals surface area contributed by atoms with E-state index in [2.05, 4.69) is 72.5 Å². The quantitative estimate of drug-likeness (QED) is 0.396. The Morgan fingerprint density at radius 3 is 1.56 bits per heavy atom. The Kier molecular flexibility index (Phi) is 6.75. The van der Waals surface area contributed by atoms with Crippen LogP contribution in [0.3, 0.4) is 0 Å². The third-order valence-electron chi connectivity index (χ3n) is 4.57. The van der Waals surface area contributed by atoms with E-state index in [1.165, 1.54) is 0 Å². The molecule has 0 saturated carbocycles. The maximum atomic E-state index is 12.5. The molecule has 0 saturated heterocycles. The first-order chi connectivity index (χ1) is 12.1. The van der Waals surface area contributed by atoms with Crippen molar-refractivity contribution in [2.24, 2.45) is 10.2 Å². The minimum atomic E-state index is -2.76. The van der Waals surface area contributed by atoms with E-state index in [1.54, 1.807) is 30.3 Å². The Bertz CT molecular complexity index is 659. The minimum Gasteiger partial charge on any atom is -0.499 e. The van der Waals surface area contributed by atoms with Crippen LogP contribution in [0.2, 0.25) is 15.1 Å². The number of hydrogen-bond acceptors (Lipinski definition) is 4. The van der Waals surface area contributed by atoms with Gasteiger partial charge >= 0.3 is 12.2 Å². The van der Waals surface area contributed by atoms with E-state index in [0.29, 0.717) is 5.75 Å². The van der Waals surface area contributed by atoms with Gasteiger partial charge in [-0.3, -0.25) is 0 Å². The van der Waals surface area contributed by atoms with E-state index in [4.69, 9.17) is 9.16 Å². The molecular weight excluding hydrogens is 360 g/mol. The fourth-order valence-corrected chi connectivity index (χ4v) is 12.6. The van der Waals surface area contributed by atoms with Crippen LogP contribution in [0.5, 0.6) is 5.75 Å². The Morgan fingerprint density at radius 2 is 1.15 bits per heavy atom. The average molecular weight is 393 g/mol. The molecule has 6 nitrogen and oxygen atoms in total. The van der Waals surface area contributed by atoms with Crippen LogP contribution < -0.4 is 4.74 Å². The van der Waals surface area contributed by atoms with Crippen LogP contribution in [0.1, 0.15) is 62.3 Å². The summed E-state index contributed by atoms with van der Waals surface area (Å²) in [5, 5.41) is 6.08. The number of rotatable bonds is 2. The number of ether oxygens (including phenoxy) is 1. The zero-order valence-electron chi connectivity index (χ0n) is 17.9. The van der Waals surface area contributed by atoms with Crippen molar-refractivity contribution in [1.82, 2.24) is 0 Å². The van der Waals surface area contributed by atoms with Gasteiger partial charge in [-0.05, 0) is 27.2 Å². The lowest BCUT2D eigenvalue weighted by molar-refractivity contribution is 0.189. The summed E-state index contributed by atoms with van der Waals surface area (Å²) in [6.07, 6.45) is -1.82. The van der Waals surface area contributed by atoms with E-state index in [1.807, 2.05) is 0 Å². The topological polar surface area (TPSA) is 77.3 Å². The van der Waals surface area contributed by atoms with Crippen molar-refractivity contribution < 1.29 is 18.8 Å². The minimum absolute atomic E-state index is 0.251. The fraction of sp³-hybridized carbons (Fsp3) is 0.600. The van der Waals surface area contributed by atoms with E-state index in [0.717, 1.165) is 0 Å². The van der Waals surface area contributed by atoms with Gasteiger partial charge in [0.25, 0.3) is 8.32 Å². The Morgan fingerprint density at radius 1 is 0.741 bits per heavy atom. The number of azo groups is 1. The van der Waals surface area contributed by atoms with Gasteiger partial charge < -0.3 is 9.16 Å². The molecule has 27 heavy (non-hydrogen) atoms. The maximum absolute atomic E-state index is 12.5. The van der Waals surface area contributed by atoms with Gasteiger partial charge in [-0.2, -0.15) is 0 Å². The fourth-order valence-electron chi connectivity index (χ4n) is 4.68. The molecule has 1 rings (SSSR count).